The van der Waals surface area contributed by atoms with Gasteiger partial charge in [-0.2, -0.15) is 0 Å². The molecule has 0 aliphatic heterocycles. The van der Waals surface area contributed by atoms with E-state index in [0.717, 1.165) is 19.4 Å². The first-order chi connectivity index (χ1) is 15.5. The second-order valence-electron chi connectivity index (χ2n) is 12.6. The Balaban J connectivity index is 4.55. The van der Waals surface area contributed by atoms with Crippen LogP contribution in [0.15, 0.2) is 36.0 Å². The minimum atomic E-state index is -1.81. The number of rotatable bonds is 15. The van der Waals surface area contributed by atoms with Crippen LogP contribution in [0.1, 0.15) is 89.0 Å². The van der Waals surface area contributed by atoms with Gasteiger partial charge in [0.15, 0.2) is 8.32 Å². The maximum atomic E-state index is 10.3. The number of aliphatic hydroxyl groups excluding tert-OH is 1. The Labute approximate surface area is 215 Å². The summed E-state index contributed by atoms with van der Waals surface area (Å²) in [5.74, 6) is 0.293. The second kappa shape index (κ2) is 14.9. The number of hydrogen-bond donors (Lipinski definition) is 1. The lowest BCUT2D eigenvalue weighted by Crippen LogP contribution is -2.48. The molecule has 0 bridgehead atoms. The van der Waals surface area contributed by atoms with Crippen LogP contribution in [0.3, 0.4) is 0 Å². The Morgan fingerprint density at radius 3 is 1.82 bits per heavy atom. The minimum Gasteiger partial charge on any atom is -0.416 e. The maximum absolute atomic E-state index is 10.3. The van der Waals surface area contributed by atoms with Crippen molar-refractivity contribution < 1.29 is 14.0 Å². The first kappa shape index (κ1) is 33.5. The summed E-state index contributed by atoms with van der Waals surface area (Å²) in [5, 5.41) is 10.5. The van der Waals surface area contributed by atoms with Crippen LogP contribution in [0.2, 0.25) is 34.8 Å². The van der Waals surface area contributed by atoms with E-state index in [0.29, 0.717) is 29.1 Å². The van der Waals surface area contributed by atoms with Crippen LogP contribution < -0.4 is 0 Å². The molecule has 3 nitrogen and oxygen atoms in total. The van der Waals surface area contributed by atoms with E-state index in [1.807, 2.05) is 12.2 Å². The first-order valence-corrected chi connectivity index (χ1v) is 18.5. The molecule has 0 aromatic rings. The zero-order valence-electron chi connectivity index (χ0n) is 24.9. The standard InChI is InChI=1S/C29H58O3Si2/c1-23(2)34(24(3)4,25(5)6)32-22-26(7)17-15-14-16-18-28(30)20-19-27(8)21-31-33(12,13)29(9,10)11/h16-20,23-25,27-28,30H,14-15,21-22H2,1-13H3/b18-16+,20-19+,26-17+/t27-,28-/m0/s1. The van der Waals surface area contributed by atoms with Crippen LogP contribution in [0.4, 0.5) is 0 Å². The van der Waals surface area contributed by atoms with Crippen LogP contribution in [0.25, 0.3) is 0 Å². The van der Waals surface area contributed by atoms with Gasteiger partial charge in [-0.05, 0) is 60.4 Å². The molecule has 0 aromatic heterocycles. The van der Waals surface area contributed by atoms with Gasteiger partial charge in [0.2, 0.25) is 8.32 Å². The SMILES string of the molecule is C/C(=C\CC/C=C/[C@H](O)/C=C/[C@H](C)CO[Si](C)(C)C(C)(C)C)CO[Si](C(C)C)(C(C)C)C(C)C. The molecule has 0 amide bonds. The molecule has 0 heterocycles. The van der Waals surface area contributed by atoms with Gasteiger partial charge in [0.25, 0.3) is 0 Å². The van der Waals surface area contributed by atoms with E-state index in [1.54, 1.807) is 0 Å². The molecule has 0 fully saturated rings. The van der Waals surface area contributed by atoms with Crippen molar-refractivity contribution in [3.05, 3.63) is 36.0 Å². The molecule has 0 rings (SSSR count). The molecule has 0 aliphatic carbocycles. The van der Waals surface area contributed by atoms with Crippen molar-refractivity contribution in [3.8, 4) is 0 Å². The zero-order chi connectivity index (χ0) is 26.7. The van der Waals surface area contributed by atoms with Crippen LogP contribution in [-0.4, -0.2) is 41.1 Å². The normalized spacial score (nSPS) is 16.6. The van der Waals surface area contributed by atoms with Gasteiger partial charge in [-0.25, -0.2) is 0 Å². The fraction of sp³-hybridized carbons (Fsp3) is 0.793. The third-order valence-corrected chi connectivity index (χ3v) is 18.1. The maximum Gasteiger partial charge on any atom is 0.200 e. The van der Waals surface area contributed by atoms with E-state index in [9.17, 15) is 5.11 Å². The van der Waals surface area contributed by atoms with E-state index in [-0.39, 0.29) is 5.04 Å². The molecule has 1 N–H and O–H groups in total. The number of hydrogen-bond acceptors (Lipinski definition) is 3. The highest BCUT2D eigenvalue weighted by Gasteiger charge is 2.44. The van der Waals surface area contributed by atoms with Crippen molar-refractivity contribution >= 4 is 16.6 Å². The molecule has 2 atom stereocenters. The topological polar surface area (TPSA) is 38.7 Å². The van der Waals surface area contributed by atoms with Crippen LogP contribution >= 0.6 is 0 Å². The smallest absolute Gasteiger partial charge is 0.200 e. The summed E-state index contributed by atoms with van der Waals surface area (Å²) in [6, 6.07) is 0. The third kappa shape index (κ3) is 11.1. The summed E-state index contributed by atoms with van der Waals surface area (Å²) in [4.78, 5) is 0. The molecule has 0 saturated carbocycles. The Kier molecular flexibility index (Phi) is 14.7. The van der Waals surface area contributed by atoms with Crippen molar-refractivity contribution in [1.82, 2.24) is 0 Å². The largest absolute Gasteiger partial charge is 0.416 e. The fourth-order valence-electron chi connectivity index (χ4n) is 4.44. The number of unbranched alkanes of at least 4 members (excludes halogenated alkanes) is 1. The van der Waals surface area contributed by atoms with Gasteiger partial charge in [0.05, 0.1) is 12.7 Å². The van der Waals surface area contributed by atoms with Gasteiger partial charge in [0.1, 0.15) is 0 Å². The van der Waals surface area contributed by atoms with E-state index in [1.165, 1.54) is 5.57 Å². The van der Waals surface area contributed by atoms with E-state index in [4.69, 9.17) is 8.85 Å². The molecule has 34 heavy (non-hydrogen) atoms. The second-order valence-corrected chi connectivity index (χ2v) is 22.9. The van der Waals surface area contributed by atoms with Crippen LogP contribution in [-0.2, 0) is 8.85 Å². The van der Waals surface area contributed by atoms with Crippen molar-refractivity contribution in [2.45, 2.75) is 130 Å². The lowest BCUT2D eigenvalue weighted by molar-refractivity contribution is 0.254. The van der Waals surface area contributed by atoms with Crippen molar-refractivity contribution in [3.63, 3.8) is 0 Å². The van der Waals surface area contributed by atoms with E-state index < -0.39 is 22.7 Å². The van der Waals surface area contributed by atoms with Crippen molar-refractivity contribution in [2.24, 2.45) is 5.92 Å². The predicted octanol–water partition coefficient (Wildman–Crippen LogP) is 9.04. The molecule has 0 aliphatic rings. The van der Waals surface area contributed by atoms with Crippen LogP contribution in [0.5, 0.6) is 0 Å². The Morgan fingerprint density at radius 1 is 0.824 bits per heavy atom. The monoisotopic (exact) mass is 510 g/mol. The van der Waals surface area contributed by atoms with Crippen LogP contribution in [0, 0.1) is 5.92 Å². The molecular weight excluding hydrogens is 452 g/mol. The average Bonchev–Trinajstić information content (AvgIpc) is 2.69. The number of aliphatic hydroxyl groups is 1. The lowest BCUT2D eigenvalue weighted by atomic mass is 10.1. The first-order valence-electron chi connectivity index (χ1n) is 13.4. The number of allylic oxidation sites excluding steroid dienone is 2. The molecule has 0 aromatic carbocycles. The highest BCUT2D eigenvalue weighted by Crippen LogP contribution is 2.42. The quantitative estimate of drug-likeness (QED) is 0.136. The van der Waals surface area contributed by atoms with Crippen molar-refractivity contribution in [2.75, 3.05) is 13.2 Å². The van der Waals surface area contributed by atoms with Gasteiger partial charge >= 0.3 is 0 Å². The zero-order valence-corrected chi connectivity index (χ0v) is 26.9. The summed E-state index contributed by atoms with van der Waals surface area (Å²) in [6.45, 7) is 31.1. The predicted molar refractivity (Wildman–Crippen MR) is 157 cm³/mol. The van der Waals surface area contributed by atoms with Gasteiger partial charge in [0, 0.05) is 6.61 Å². The van der Waals surface area contributed by atoms with E-state index >= 15 is 0 Å². The van der Waals surface area contributed by atoms with Gasteiger partial charge in [-0.15, -0.1) is 0 Å². The summed E-state index contributed by atoms with van der Waals surface area (Å²) in [7, 11) is -3.53. The Morgan fingerprint density at radius 2 is 1.35 bits per heavy atom. The summed E-state index contributed by atoms with van der Waals surface area (Å²) in [6.07, 6.45) is 11.5. The molecule has 0 spiro atoms. The Bertz CT molecular complexity index is 633. The molecule has 5 heteroatoms. The minimum absolute atomic E-state index is 0.222. The average molecular weight is 511 g/mol. The van der Waals surface area contributed by atoms with E-state index in [2.05, 4.69) is 107 Å². The molecule has 200 valence electrons. The molecule has 0 radical (unpaired) electrons. The molecule has 0 unspecified atom stereocenters. The van der Waals surface area contributed by atoms with Crippen molar-refractivity contribution in [1.29, 1.82) is 0 Å². The van der Waals surface area contributed by atoms with Gasteiger partial charge in [-0.3, -0.25) is 0 Å². The third-order valence-electron chi connectivity index (χ3n) is 7.57. The molecular formula is C29H58O3Si2. The fourth-order valence-corrected chi connectivity index (χ4v) is 11.0. The van der Waals surface area contributed by atoms with Gasteiger partial charge < -0.3 is 14.0 Å². The highest BCUT2D eigenvalue weighted by atomic mass is 28.4. The highest BCUT2D eigenvalue weighted by molar-refractivity contribution is 6.77. The Hall–Kier alpha value is -0.466. The lowest BCUT2D eigenvalue weighted by Gasteiger charge is -2.42. The summed E-state index contributed by atoms with van der Waals surface area (Å²) < 4.78 is 13.0. The summed E-state index contributed by atoms with van der Waals surface area (Å²) in [5.41, 5.74) is 3.14. The van der Waals surface area contributed by atoms with Gasteiger partial charge in [-0.1, -0.05) is 105 Å². The molecule has 0 saturated heterocycles. The summed E-state index contributed by atoms with van der Waals surface area (Å²) >= 11 is 0.